The largest absolute Gasteiger partial charge is 0.356 e. The van der Waals surface area contributed by atoms with E-state index in [0.29, 0.717) is 0 Å². The van der Waals surface area contributed by atoms with Gasteiger partial charge < -0.3 is 10.6 Å². The number of piperidine rings is 1. The Kier molecular flexibility index (Phi) is 6.76. The first kappa shape index (κ1) is 15.0. The fraction of sp³-hybridized carbons (Fsp3) is 0.500. The van der Waals surface area contributed by atoms with E-state index in [0.717, 1.165) is 38.9 Å². The van der Waals surface area contributed by atoms with Crippen LogP contribution in [0.3, 0.4) is 0 Å². The molecule has 2 rings (SSSR count). The minimum atomic E-state index is 0. The number of halogens is 1. The van der Waals surface area contributed by atoms with Crippen LogP contribution in [0.1, 0.15) is 18.4 Å². The van der Waals surface area contributed by atoms with Crippen molar-refractivity contribution < 1.29 is 4.79 Å². The first-order chi connectivity index (χ1) is 8.36. The average molecular weight is 269 g/mol. The highest BCUT2D eigenvalue weighted by atomic mass is 35.5. The molecule has 1 amide bonds. The fourth-order valence-corrected chi connectivity index (χ4v) is 2.20. The summed E-state index contributed by atoms with van der Waals surface area (Å²) in [6.07, 6.45) is 2.85. The van der Waals surface area contributed by atoms with Gasteiger partial charge in [0, 0.05) is 12.5 Å². The van der Waals surface area contributed by atoms with E-state index >= 15 is 0 Å². The second-order valence-corrected chi connectivity index (χ2v) is 4.55. The lowest BCUT2D eigenvalue weighted by Crippen LogP contribution is -2.38. The summed E-state index contributed by atoms with van der Waals surface area (Å²) in [6, 6.07) is 10.3. The lowest BCUT2D eigenvalue weighted by atomic mass is 9.97. The molecule has 1 heterocycles. The van der Waals surface area contributed by atoms with Crippen LogP contribution in [0.4, 0.5) is 0 Å². The number of carbonyl (C=O) groups excluding carboxylic acids is 1. The van der Waals surface area contributed by atoms with Crippen molar-refractivity contribution in [3.05, 3.63) is 35.9 Å². The van der Waals surface area contributed by atoms with E-state index < -0.39 is 0 Å². The minimum absolute atomic E-state index is 0. The normalized spacial score (nSPS) is 15.8. The quantitative estimate of drug-likeness (QED) is 0.874. The topological polar surface area (TPSA) is 41.1 Å². The highest BCUT2D eigenvalue weighted by Gasteiger charge is 2.19. The van der Waals surface area contributed by atoms with Crippen molar-refractivity contribution in [1.82, 2.24) is 10.6 Å². The number of carbonyl (C=O) groups is 1. The molecule has 0 atom stereocenters. The molecule has 4 heteroatoms. The maximum Gasteiger partial charge on any atom is 0.223 e. The zero-order chi connectivity index (χ0) is 11.9. The summed E-state index contributed by atoms with van der Waals surface area (Å²) in [5, 5.41) is 6.31. The van der Waals surface area contributed by atoms with Crippen LogP contribution in [0, 0.1) is 5.92 Å². The highest BCUT2D eigenvalue weighted by Crippen LogP contribution is 2.11. The van der Waals surface area contributed by atoms with Gasteiger partial charge in [0.05, 0.1) is 0 Å². The standard InChI is InChI=1S/C14H20N2O.ClH/c17-14(13-7-9-15-10-8-13)16-11-6-12-4-2-1-3-5-12;/h1-5,13,15H,6-11H2,(H,16,17);1H. The van der Waals surface area contributed by atoms with Crippen molar-refractivity contribution in [3.8, 4) is 0 Å². The van der Waals surface area contributed by atoms with E-state index in [1.807, 2.05) is 18.2 Å². The van der Waals surface area contributed by atoms with Crippen LogP contribution in [0.25, 0.3) is 0 Å². The van der Waals surface area contributed by atoms with Gasteiger partial charge in [0.15, 0.2) is 0 Å². The molecule has 0 radical (unpaired) electrons. The van der Waals surface area contributed by atoms with Gasteiger partial charge in [0.2, 0.25) is 5.91 Å². The smallest absolute Gasteiger partial charge is 0.223 e. The average Bonchev–Trinajstić information content (AvgIpc) is 2.41. The zero-order valence-electron chi connectivity index (χ0n) is 10.5. The van der Waals surface area contributed by atoms with Crippen LogP contribution in [0.15, 0.2) is 30.3 Å². The molecule has 0 bridgehead atoms. The van der Waals surface area contributed by atoms with E-state index in [-0.39, 0.29) is 24.2 Å². The fourth-order valence-electron chi connectivity index (χ4n) is 2.20. The van der Waals surface area contributed by atoms with Gasteiger partial charge >= 0.3 is 0 Å². The molecule has 1 aromatic carbocycles. The van der Waals surface area contributed by atoms with Crippen LogP contribution < -0.4 is 10.6 Å². The molecule has 2 N–H and O–H groups in total. The predicted molar refractivity (Wildman–Crippen MR) is 76.0 cm³/mol. The molecule has 1 fully saturated rings. The summed E-state index contributed by atoms with van der Waals surface area (Å²) in [5.41, 5.74) is 1.28. The van der Waals surface area contributed by atoms with E-state index in [2.05, 4.69) is 22.8 Å². The molecule has 0 spiro atoms. The molecule has 1 saturated heterocycles. The van der Waals surface area contributed by atoms with Crippen LogP contribution in [0.2, 0.25) is 0 Å². The molecule has 1 aromatic rings. The molecule has 0 unspecified atom stereocenters. The Morgan fingerprint density at radius 3 is 2.56 bits per heavy atom. The van der Waals surface area contributed by atoms with Gasteiger partial charge in [-0.3, -0.25) is 4.79 Å². The molecule has 0 aliphatic carbocycles. The van der Waals surface area contributed by atoms with Gasteiger partial charge in [-0.05, 0) is 37.9 Å². The molecule has 3 nitrogen and oxygen atoms in total. The molecule has 1 aliphatic rings. The van der Waals surface area contributed by atoms with Crippen molar-refractivity contribution in [2.75, 3.05) is 19.6 Å². The minimum Gasteiger partial charge on any atom is -0.356 e. The maximum absolute atomic E-state index is 11.8. The Labute approximate surface area is 115 Å². The van der Waals surface area contributed by atoms with Gasteiger partial charge in [-0.25, -0.2) is 0 Å². The van der Waals surface area contributed by atoms with Crippen molar-refractivity contribution in [2.24, 2.45) is 5.92 Å². The van der Waals surface area contributed by atoms with Crippen molar-refractivity contribution in [1.29, 1.82) is 0 Å². The second kappa shape index (κ2) is 8.11. The molecule has 100 valence electrons. The molecular formula is C14H21ClN2O. The number of rotatable bonds is 4. The highest BCUT2D eigenvalue weighted by molar-refractivity contribution is 5.85. The van der Waals surface area contributed by atoms with Crippen LogP contribution in [-0.2, 0) is 11.2 Å². The Morgan fingerprint density at radius 2 is 1.89 bits per heavy atom. The SMILES string of the molecule is Cl.O=C(NCCc1ccccc1)C1CCNCC1. The zero-order valence-corrected chi connectivity index (χ0v) is 11.3. The Bertz CT molecular complexity index is 350. The van der Waals surface area contributed by atoms with Gasteiger partial charge in [-0.15, -0.1) is 12.4 Å². The third-order valence-electron chi connectivity index (χ3n) is 3.27. The number of hydrogen-bond acceptors (Lipinski definition) is 2. The van der Waals surface area contributed by atoms with E-state index in [4.69, 9.17) is 0 Å². The number of nitrogens with one attached hydrogen (secondary N) is 2. The summed E-state index contributed by atoms with van der Waals surface area (Å²) >= 11 is 0. The van der Waals surface area contributed by atoms with Gasteiger partial charge in [-0.1, -0.05) is 30.3 Å². The van der Waals surface area contributed by atoms with Gasteiger partial charge in [-0.2, -0.15) is 0 Å². The summed E-state index contributed by atoms with van der Waals surface area (Å²) in [5.74, 6) is 0.439. The number of hydrogen-bond donors (Lipinski definition) is 2. The third kappa shape index (κ3) is 4.67. The van der Waals surface area contributed by atoms with Crippen molar-refractivity contribution >= 4 is 18.3 Å². The molecule has 0 aromatic heterocycles. The van der Waals surface area contributed by atoms with E-state index in [1.54, 1.807) is 0 Å². The van der Waals surface area contributed by atoms with Crippen LogP contribution in [-0.4, -0.2) is 25.5 Å². The maximum atomic E-state index is 11.8. The molecule has 1 aliphatic heterocycles. The summed E-state index contributed by atoms with van der Waals surface area (Å²) in [4.78, 5) is 11.8. The van der Waals surface area contributed by atoms with Gasteiger partial charge in [0.25, 0.3) is 0 Å². The molecule has 0 saturated carbocycles. The van der Waals surface area contributed by atoms with Crippen LogP contribution >= 0.6 is 12.4 Å². The lowest BCUT2D eigenvalue weighted by Gasteiger charge is -2.21. The van der Waals surface area contributed by atoms with Gasteiger partial charge in [0.1, 0.15) is 0 Å². The predicted octanol–water partition coefficient (Wildman–Crippen LogP) is 1.77. The first-order valence-corrected chi connectivity index (χ1v) is 6.38. The summed E-state index contributed by atoms with van der Waals surface area (Å²) in [6.45, 7) is 2.68. The van der Waals surface area contributed by atoms with E-state index in [9.17, 15) is 4.79 Å². The third-order valence-corrected chi connectivity index (χ3v) is 3.27. The van der Waals surface area contributed by atoms with Crippen molar-refractivity contribution in [3.63, 3.8) is 0 Å². The number of amides is 1. The Morgan fingerprint density at radius 1 is 1.22 bits per heavy atom. The van der Waals surface area contributed by atoms with E-state index in [1.165, 1.54) is 5.56 Å². The number of benzene rings is 1. The Hall–Kier alpha value is -1.06. The summed E-state index contributed by atoms with van der Waals surface area (Å²) < 4.78 is 0. The molecule has 18 heavy (non-hydrogen) atoms. The summed E-state index contributed by atoms with van der Waals surface area (Å²) in [7, 11) is 0. The Balaban J connectivity index is 0.00000162. The lowest BCUT2D eigenvalue weighted by molar-refractivity contribution is -0.125. The molecular weight excluding hydrogens is 248 g/mol. The monoisotopic (exact) mass is 268 g/mol. The second-order valence-electron chi connectivity index (χ2n) is 4.55. The first-order valence-electron chi connectivity index (χ1n) is 6.38. The van der Waals surface area contributed by atoms with Crippen molar-refractivity contribution in [2.45, 2.75) is 19.3 Å². The van der Waals surface area contributed by atoms with Crippen LogP contribution in [0.5, 0.6) is 0 Å².